The Kier molecular flexibility index (Phi) is 20.2. The Morgan fingerprint density at radius 3 is 1.65 bits per heavy atom. The summed E-state index contributed by atoms with van der Waals surface area (Å²) in [6, 6.07) is 15.6. The number of benzene rings is 2. The zero-order valence-corrected chi connectivity index (χ0v) is 31.7. The van der Waals surface area contributed by atoms with Gasteiger partial charge in [0.1, 0.15) is 13.2 Å². The van der Waals surface area contributed by atoms with Crippen LogP contribution in [0.2, 0.25) is 0 Å². The standard InChI is InChI=1S/C39H61N5O7/c1-6-47-22-27-51-31-39(46)41-18-11-21-49-24-26-50-25-23-48-20-10-17-40-38(45)12-8-7-9-19-44-36-29-34(42(2)3)15-13-32(36)28-33-14-16-35(43(4)5)30-37(33)44/h13-16,28-30H,6-12,17-27,31H2,1-5H3,(H-,40,41,45,46)/p+1. The van der Waals surface area contributed by atoms with Gasteiger partial charge in [0.25, 0.3) is 0 Å². The quantitative estimate of drug-likeness (QED) is 0.0653. The number of carbonyl (C=O) groups is 2. The summed E-state index contributed by atoms with van der Waals surface area (Å²) in [5.41, 5.74) is 4.82. The highest BCUT2D eigenvalue weighted by Crippen LogP contribution is 2.25. The molecule has 2 amide bonds. The van der Waals surface area contributed by atoms with E-state index in [1.807, 2.05) is 6.92 Å². The average molecular weight is 713 g/mol. The fraction of sp³-hybridized carbons (Fsp3) is 0.615. The third-order valence-electron chi connectivity index (χ3n) is 8.37. The molecule has 1 heterocycles. The molecule has 0 aliphatic rings. The minimum absolute atomic E-state index is 0.0432. The lowest BCUT2D eigenvalue weighted by Crippen LogP contribution is -2.36. The van der Waals surface area contributed by atoms with E-state index in [-0.39, 0.29) is 18.4 Å². The van der Waals surface area contributed by atoms with Gasteiger partial charge in [-0.3, -0.25) is 9.59 Å². The van der Waals surface area contributed by atoms with E-state index in [2.05, 4.69) is 95.7 Å². The molecule has 3 aromatic rings. The molecule has 3 rings (SSSR count). The largest absolute Gasteiger partial charge is 0.379 e. The van der Waals surface area contributed by atoms with Crippen molar-refractivity contribution in [1.82, 2.24) is 10.6 Å². The van der Waals surface area contributed by atoms with E-state index in [9.17, 15) is 9.59 Å². The predicted molar refractivity (Wildman–Crippen MR) is 204 cm³/mol. The van der Waals surface area contributed by atoms with Gasteiger partial charge in [-0.2, -0.15) is 4.57 Å². The molecule has 0 fully saturated rings. The molecule has 0 spiro atoms. The first-order valence-corrected chi connectivity index (χ1v) is 18.5. The van der Waals surface area contributed by atoms with Gasteiger partial charge in [-0.05, 0) is 62.9 Å². The van der Waals surface area contributed by atoms with Crippen molar-refractivity contribution >= 4 is 45.0 Å². The topological polar surface area (TPSA) is 115 Å². The molecule has 0 atom stereocenters. The number of hydrogen-bond donors (Lipinski definition) is 2. The monoisotopic (exact) mass is 712 g/mol. The van der Waals surface area contributed by atoms with E-state index in [1.54, 1.807) is 0 Å². The number of aryl methyl sites for hydroxylation is 1. The first-order valence-electron chi connectivity index (χ1n) is 18.5. The van der Waals surface area contributed by atoms with Crippen LogP contribution < -0.4 is 25.0 Å². The van der Waals surface area contributed by atoms with E-state index in [0.29, 0.717) is 79.0 Å². The Hall–Kier alpha value is -3.55. The summed E-state index contributed by atoms with van der Waals surface area (Å²) >= 11 is 0. The smallest absolute Gasteiger partial charge is 0.246 e. The molecule has 0 saturated carbocycles. The second-order valence-corrected chi connectivity index (χ2v) is 12.9. The van der Waals surface area contributed by atoms with E-state index >= 15 is 0 Å². The summed E-state index contributed by atoms with van der Waals surface area (Å²) in [5, 5.41) is 8.28. The number of pyridine rings is 1. The van der Waals surface area contributed by atoms with Crippen molar-refractivity contribution in [3.05, 3.63) is 42.5 Å². The maximum Gasteiger partial charge on any atom is 0.246 e. The molecule has 2 N–H and O–H groups in total. The molecule has 1 aromatic heterocycles. The van der Waals surface area contributed by atoms with Gasteiger partial charge in [-0.25, -0.2) is 0 Å². The van der Waals surface area contributed by atoms with Crippen molar-refractivity contribution in [2.75, 3.05) is 117 Å². The molecule has 284 valence electrons. The van der Waals surface area contributed by atoms with Gasteiger partial charge in [0.15, 0.2) is 0 Å². The highest BCUT2D eigenvalue weighted by Gasteiger charge is 2.17. The number of amides is 2. The molecule has 12 heteroatoms. The molecular weight excluding hydrogens is 650 g/mol. The van der Waals surface area contributed by atoms with E-state index in [0.717, 1.165) is 38.6 Å². The zero-order chi connectivity index (χ0) is 36.7. The van der Waals surface area contributed by atoms with Gasteiger partial charge in [-0.15, -0.1) is 0 Å². The molecule has 0 bridgehead atoms. The number of nitrogens with zero attached hydrogens (tertiary/aromatic N) is 3. The van der Waals surface area contributed by atoms with Crippen molar-refractivity contribution in [1.29, 1.82) is 0 Å². The maximum absolute atomic E-state index is 12.4. The lowest BCUT2D eigenvalue weighted by Gasteiger charge is -2.15. The molecule has 0 radical (unpaired) electrons. The van der Waals surface area contributed by atoms with Crippen LogP contribution in [0.5, 0.6) is 0 Å². The van der Waals surface area contributed by atoms with Crippen molar-refractivity contribution in [2.45, 2.75) is 52.0 Å². The summed E-state index contributed by atoms with van der Waals surface area (Å²) in [7, 11) is 8.30. The van der Waals surface area contributed by atoms with Crippen molar-refractivity contribution in [2.24, 2.45) is 0 Å². The van der Waals surface area contributed by atoms with E-state index in [1.165, 1.54) is 33.2 Å². The van der Waals surface area contributed by atoms with Crippen LogP contribution in [-0.4, -0.2) is 119 Å². The second kappa shape index (κ2) is 24.6. The van der Waals surface area contributed by atoms with Gasteiger partial charge in [0.05, 0.1) is 39.6 Å². The number of nitrogens with one attached hydrogen (secondary N) is 2. The number of unbranched alkanes of at least 4 members (excludes halogenated alkanes) is 2. The van der Waals surface area contributed by atoms with Crippen LogP contribution >= 0.6 is 0 Å². The molecule has 51 heavy (non-hydrogen) atoms. The summed E-state index contributed by atoms with van der Waals surface area (Å²) < 4.78 is 29.5. The Bertz CT molecular complexity index is 1390. The van der Waals surface area contributed by atoms with Crippen LogP contribution in [0.25, 0.3) is 21.8 Å². The lowest BCUT2D eigenvalue weighted by atomic mass is 10.1. The zero-order valence-electron chi connectivity index (χ0n) is 31.7. The van der Waals surface area contributed by atoms with Crippen LogP contribution in [0, 0.1) is 0 Å². The third kappa shape index (κ3) is 16.1. The average Bonchev–Trinajstić information content (AvgIpc) is 3.12. The maximum atomic E-state index is 12.4. The number of ether oxygens (including phenoxy) is 5. The molecule has 0 aliphatic heterocycles. The number of carbonyl (C=O) groups excluding carboxylic acids is 2. The fourth-order valence-corrected chi connectivity index (χ4v) is 5.51. The molecule has 0 unspecified atom stereocenters. The van der Waals surface area contributed by atoms with Crippen LogP contribution in [0.4, 0.5) is 11.4 Å². The number of hydrogen-bond acceptors (Lipinski definition) is 9. The van der Waals surface area contributed by atoms with Crippen LogP contribution in [0.15, 0.2) is 42.5 Å². The molecule has 0 saturated heterocycles. The number of anilines is 2. The summed E-state index contributed by atoms with van der Waals surface area (Å²) in [4.78, 5) is 28.3. The molecular formula is C39H62N5O7+. The number of fused-ring (bicyclic) bond motifs is 2. The Morgan fingerprint density at radius 2 is 1.10 bits per heavy atom. The minimum Gasteiger partial charge on any atom is -0.379 e. The van der Waals surface area contributed by atoms with Crippen molar-refractivity contribution in [3.8, 4) is 0 Å². The molecule has 2 aromatic carbocycles. The summed E-state index contributed by atoms with van der Waals surface area (Å²) in [6.45, 7) is 8.67. The van der Waals surface area contributed by atoms with Crippen molar-refractivity contribution < 1.29 is 37.8 Å². The third-order valence-corrected chi connectivity index (χ3v) is 8.37. The van der Waals surface area contributed by atoms with Gasteiger partial charge in [0.2, 0.25) is 22.8 Å². The first-order chi connectivity index (χ1) is 24.8. The lowest BCUT2D eigenvalue weighted by molar-refractivity contribution is -0.645. The van der Waals surface area contributed by atoms with E-state index < -0.39 is 0 Å². The second-order valence-electron chi connectivity index (χ2n) is 12.9. The molecule has 0 aliphatic carbocycles. The van der Waals surface area contributed by atoms with Crippen molar-refractivity contribution in [3.63, 3.8) is 0 Å². The van der Waals surface area contributed by atoms with Gasteiger partial charge in [0, 0.05) is 108 Å². The van der Waals surface area contributed by atoms with Crippen LogP contribution in [0.3, 0.4) is 0 Å². The Morgan fingerprint density at radius 1 is 0.588 bits per heavy atom. The SMILES string of the molecule is CCOCCOCC(=O)NCCCOCCOCCOCCCNC(=O)CCCCC[n+]1c2cc(N(C)C)ccc2cc2ccc(N(C)C)cc21. The number of aromatic nitrogens is 1. The molecule has 12 nitrogen and oxygen atoms in total. The summed E-state index contributed by atoms with van der Waals surface area (Å²) in [5.74, 6) is -0.0411. The summed E-state index contributed by atoms with van der Waals surface area (Å²) in [6.07, 6.45) is 4.87. The fourth-order valence-electron chi connectivity index (χ4n) is 5.51. The highest BCUT2D eigenvalue weighted by atomic mass is 16.5. The van der Waals surface area contributed by atoms with Crippen LogP contribution in [-0.2, 0) is 39.8 Å². The minimum atomic E-state index is -0.136. The normalized spacial score (nSPS) is 11.3. The first kappa shape index (κ1) is 41.9. The van der Waals surface area contributed by atoms with Gasteiger partial charge < -0.3 is 44.1 Å². The Labute approximate surface area is 304 Å². The van der Waals surface area contributed by atoms with Gasteiger partial charge in [-0.1, -0.05) is 0 Å². The highest BCUT2D eigenvalue weighted by molar-refractivity contribution is 5.91. The van der Waals surface area contributed by atoms with E-state index in [4.69, 9.17) is 23.7 Å². The number of rotatable bonds is 28. The van der Waals surface area contributed by atoms with Gasteiger partial charge >= 0.3 is 0 Å². The van der Waals surface area contributed by atoms with Crippen LogP contribution in [0.1, 0.15) is 45.4 Å². The Balaban J connectivity index is 1.19. The predicted octanol–water partition coefficient (Wildman–Crippen LogP) is 4.09.